The van der Waals surface area contributed by atoms with Crippen LogP contribution in [0.3, 0.4) is 0 Å². The van der Waals surface area contributed by atoms with Gasteiger partial charge < -0.3 is 19.4 Å². The highest BCUT2D eigenvalue weighted by atomic mass is 32.2. The minimum Gasteiger partial charge on any atom is -0.495 e. The molecule has 8 heteroatoms. The number of amides is 1. The first kappa shape index (κ1) is 21.7. The van der Waals surface area contributed by atoms with Crippen LogP contribution in [-0.4, -0.2) is 33.5 Å². The van der Waals surface area contributed by atoms with Gasteiger partial charge in [-0.1, -0.05) is 30.0 Å². The van der Waals surface area contributed by atoms with E-state index in [-0.39, 0.29) is 17.8 Å². The van der Waals surface area contributed by atoms with E-state index in [0.29, 0.717) is 22.4 Å². The van der Waals surface area contributed by atoms with Gasteiger partial charge in [0.2, 0.25) is 5.91 Å². The lowest BCUT2D eigenvalue weighted by Crippen LogP contribution is -2.15. The fraction of sp³-hybridized carbons (Fsp3) is 0.318. The summed E-state index contributed by atoms with van der Waals surface area (Å²) in [7, 11) is 3.44. The first-order valence-corrected chi connectivity index (χ1v) is 10.6. The zero-order chi connectivity index (χ0) is 21.7. The summed E-state index contributed by atoms with van der Waals surface area (Å²) in [6.45, 7) is 6.06. The third-order valence-corrected chi connectivity index (χ3v) is 5.76. The van der Waals surface area contributed by atoms with E-state index in [1.54, 1.807) is 19.2 Å². The summed E-state index contributed by atoms with van der Waals surface area (Å²) < 4.78 is 13.1. The second-order valence-electron chi connectivity index (χ2n) is 6.94. The Morgan fingerprint density at radius 2 is 1.93 bits per heavy atom. The second kappa shape index (κ2) is 9.67. The average molecular weight is 427 g/mol. The molecule has 0 aliphatic carbocycles. The van der Waals surface area contributed by atoms with E-state index in [1.165, 1.54) is 22.9 Å². The van der Waals surface area contributed by atoms with Crippen molar-refractivity contribution < 1.29 is 14.3 Å². The Balaban J connectivity index is 1.60. The number of methoxy groups -OCH3 is 1. The van der Waals surface area contributed by atoms with Crippen molar-refractivity contribution in [2.24, 2.45) is 7.05 Å². The molecule has 30 heavy (non-hydrogen) atoms. The molecule has 1 atom stereocenters. The monoisotopic (exact) mass is 426 g/mol. The Bertz CT molecular complexity index is 1030. The molecule has 3 rings (SSSR count). The summed E-state index contributed by atoms with van der Waals surface area (Å²) in [5, 5.41) is 12.0. The zero-order valence-electron chi connectivity index (χ0n) is 17.8. The van der Waals surface area contributed by atoms with Gasteiger partial charge in [-0.15, -0.1) is 10.2 Å². The minimum atomic E-state index is -0.277. The number of ether oxygens (including phenoxy) is 2. The van der Waals surface area contributed by atoms with Gasteiger partial charge in [-0.2, -0.15) is 0 Å². The molecule has 158 valence electrons. The smallest absolute Gasteiger partial charge is 0.234 e. The summed E-state index contributed by atoms with van der Waals surface area (Å²) in [4.78, 5) is 12.3. The van der Waals surface area contributed by atoms with Crippen LogP contribution in [0.15, 0.2) is 47.6 Å². The highest BCUT2D eigenvalue weighted by Crippen LogP contribution is 2.26. The fourth-order valence-corrected chi connectivity index (χ4v) is 3.63. The van der Waals surface area contributed by atoms with Gasteiger partial charge in [0.1, 0.15) is 11.5 Å². The maximum atomic E-state index is 12.3. The SMILES string of the molecule is COc1ccccc1NC(=O)CSc1nnc(C(C)Oc2ccc(C)c(C)c2)n1C. The normalized spacial score (nSPS) is 11.8. The number of hydrogen-bond acceptors (Lipinski definition) is 6. The number of hydrogen-bond donors (Lipinski definition) is 1. The van der Waals surface area contributed by atoms with Crippen molar-refractivity contribution in [3.63, 3.8) is 0 Å². The molecule has 1 heterocycles. The fourth-order valence-electron chi connectivity index (χ4n) is 2.91. The topological polar surface area (TPSA) is 78.3 Å². The zero-order valence-corrected chi connectivity index (χ0v) is 18.6. The van der Waals surface area contributed by atoms with Crippen LogP contribution < -0.4 is 14.8 Å². The van der Waals surface area contributed by atoms with E-state index in [1.807, 2.05) is 48.9 Å². The molecular weight excluding hydrogens is 400 g/mol. The number of aryl methyl sites for hydroxylation is 2. The summed E-state index contributed by atoms with van der Waals surface area (Å²) in [6.07, 6.45) is -0.277. The first-order chi connectivity index (χ1) is 14.4. The Labute approximate surface area is 180 Å². The van der Waals surface area contributed by atoms with Gasteiger partial charge in [-0.3, -0.25) is 4.79 Å². The number of aromatic nitrogens is 3. The molecule has 1 amide bonds. The van der Waals surface area contributed by atoms with Crippen LogP contribution in [0.2, 0.25) is 0 Å². The van der Waals surface area contributed by atoms with Gasteiger partial charge >= 0.3 is 0 Å². The number of nitrogens with zero attached hydrogens (tertiary/aromatic N) is 3. The van der Waals surface area contributed by atoms with E-state index in [4.69, 9.17) is 9.47 Å². The van der Waals surface area contributed by atoms with Crippen molar-refractivity contribution in [2.75, 3.05) is 18.2 Å². The lowest BCUT2D eigenvalue weighted by Gasteiger charge is -2.15. The number of rotatable bonds is 8. The number of benzene rings is 2. The summed E-state index contributed by atoms with van der Waals surface area (Å²) >= 11 is 1.32. The first-order valence-electron chi connectivity index (χ1n) is 9.58. The average Bonchev–Trinajstić information content (AvgIpc) is 3.10. The highest BCUT2D eigenvalue weighted by molar-refractivity contribution is 7.99. The molecule has 1 N–H and O–H groups in total. The Morgan fingerprint density at radius 1 is 1.17 bits per heavy atom. The van der Waals surface area contributed by atoms with E-state index >= 15 is 0 Å². The van der Waals surface area contributed by atoms with Crippen molar-refractivity contribution in [3.8, 4) is 11.5 Å². The number of para-hydroxylation sites is 2. The van der Waals surface area contributed by atoms with Gasteiger partial charge in [0.25, 0.3) is 0 Å². The standard InChI is InChI=1S/C22H26N4O3S/c1-14-10-11-17(12-15(14)2)29-16(3)21-24-25-22(26(21)4)30-13-20(27)23-18-8-6-7-9-19(18)28-5/h6-12,16H,13H2,1-5H3,(H,23,27). The minimum absolute atomic E-state index is 0.145. The molecule has 3 aromatic rings. The van der Waals surface area contributed by atoms with E-state index in [2.05, 4.69) is 29.4 Å². The Hall–Kier alpha value is -3.00. The number of thioether (sulfide) groups is 1. The van der Waals surface area contributed by atoms with Crippen LogP contribution in [0.4, 0.5) is 5.69 Å². The molecule has 7 nitrogen and oxygen atoms in total. The molecular formula is C22H26N4O3S. The highest BCUT2D eigenvalue weighted by Gasteiger charge is 2.18. The van der Waals surface area contributed by atoms with Gasteiger partial charge in [-0.25, -0.2) is 0 Å². The third kappa shape index (κ3) is 5.13. The number of anilines is 1. The molecule has 0 aliphatic rings. The van der Waals surface area contributed by atoms with E-state index in [9.17, 15) is 4.79 Å². The molecule has 0 radical (unpaired) electrons. The van der Waals surface area contributed by atoms with Gasteiger partial charge in [-0.05, 0) is 56.2 Å². The quantitative estimate of drug-likeness (QED) is 0.541. The largest absolute Gasteiger partial charge is 0.495 e. The maximum absolute atomic E-state index is 12.3. The molecule has 0 bridgehead atoms. The molecule has 0 saturated heterocycles. The van der Waals surface area contributed by atoms with Crippen molar-refractivity contribution in [1.29, 1.82) is 0 Å². The van der Waals surface area contributed by atoms with Crippen LogP contribution in [0.25, 0.3) is 0 Å². The van der Waals surface area contributed by atoms with Crippen molar-refractivity contribution in [2.45, 2.75) is 32.0 Å². The molecule has 0 fully saturated rings. The van der Waals surface area contributed by atoms with Crippen molar-refractivity contribution >= 4 is 23.4 Å². The summed E-state index contributed by atoms with van der Waals surface area (Å²) in [5.74, 6) is 2.17. The molecule has 0 saturated carbocycles. The molecule has 2 aromatic carbocycles. The second-order valence-corrected chi connectivity index (χ2v) is 7.89. The maximum Gasteiger partial charge on any atom is 0.234 e. The number of carbonyl (C=O) groups is 1. The van der Waals surface area contributed by atoms with Gasteiger partial charge in [0, 0.05) is 7.05 Å². The predicted molar refractivity (Wildman–Crippen MR) is 118 cm³/mol. The third-order valence-electron chi connectivity index (χ3n) is 4.74. The van der Waals surface area contributed by atoms with E-state index < -0.39 is 0 Å². The van der Waals surface area contributed by atoms with Crippen LogP contribution in [-0.2, 0) is 11.8 Å². The van der Waals surface area contributed by atoms with E-state index in [0.717, 1.165) is 5.75 Å². The van der Waals surface area contributed by atoms with Crippen molar-refractivity contribution in [3.05, 3.63) is 59.4 Å². The van der Waals surface area contributed by atoms with Gasteiger partial charge in [0.15, 0.2) is 17.1 Å². The molecule has 0 aliphatic heterocycles. The predicted octanol–water partition coefficient (Wildman–Crippen LogP) is 4.31. The van der Waals surface area contributed by atoms with Crippen molar-refractivity contribution in [1.82, 2.24) is 14.8 Å². The number of nitrogens with one attached hydrogen (secondary N) is 1. The lowest BCUT2D eigenvalue weighted by molar-refractivity contribution is -0.113. The van der Waals surface area contributed by atoms with Crippen LogP contribution in [0.1, 0.15) is 30.0 Å². The number of carbonyl (C=O) groups excluding carboxylic acids is 1. The van der Waals surface area contributed by atoms with Crippen LogP contribution in [0.5, 0.6) is 11.5 Å². The summed E-state index contributed by atoms with van der Waals surface area (Å²) in [5.41, 5.74) is 3.04. The molecule has 1 unspecified atom stereocenters. The Morgan fingerprint density at radius 3 is 2.67 bits per heavy atom. The Kier molecular flexibility index (Phi) is 6.99. The molecule has 1 aromatic heterocycles. The van der Waals surface area contributed by atoms with Gasteiger partial charge in [0.05, 0.1) is 18.6 Å². The van der Waals surface area contributed by atoms with Crippen LogP contribution in [0, 0.1) is 13.8 Å². The summed E-state index contributed by atoms with van der Waals surface area (Å²) in [6, 6.07) is 13.3. The molecule has 0 spiro atoms. The van der Waals surface area contributed by atoms with Crippen LogP contribution >= 0.6 is 11.8 Å². The lowest BCUT2D eigenvalue weighted by atomic mass is 10.1.